The molecule has 0 aliphatic carbocycles. The van der Waals surface area contributed by atoms with Crippen molar-refractivity contribution in [2.75, 3.05) is 14.1 Å². The van der Waals surface area contributed by atoms with Crippen molar-refractivity contribution in [3.8, 4) is 0 Å². The van der Waals surface area contributed by atoms with Crippen LogP contribution >= 0.6 is 23.2 Å². The summed E-state index contributed by atoms with van der Waals surface area (Å²) < 4.78 is 39.5. The second kappa shape index (κ2) is 7.59. The lowest BCUT2D eigenvalue weighted by Gasteiger charge is -2.30. The summed E-state index contributed by atoms with van der Waals surface area (Å²) in [7, 11) is 3.07. The zero-order chi connectivity index (χ0) is 18.8. The van der Waals surface area contributed by atoms with Gasteiger partial charge in [0.2, 0.25) is 0 Å². The maximum absolute atomic E-state index is 13.2. The molecule has 25 heavy (non-hydrogen) atoms. The molecule has 0 unspecified atom stereocenters. The van der Waals surface area contributed by atoms with Crippen LogP contribution in [0, 0.1) is 0 Å². The molecule has 0 aliphatic heterocycles. The normalized spacial score (nSPS) is 11.7. The largest absolute Gasteiger partial charge is 0.417 e. The molecule has 0 atom stereocenters. The molecular weight excluding hydrogens is 378 g/mol. The first-order valence-electron chi connectivity index (χ1n) is 7.07. The molecule has 4 nitrogen and oxygen atoms in total. The Bertz CT molecular complexity index is 781. The molecular formula is C16H14Cl2F3N3O. The number of pyridine rings is 1. The Morgan fingerprint density at radius 3 is 2.40 bits per heavy atom. The molecule has 1 amide bonds. The Labute approximate surface area is 152 Å². The van der Waals surface area contributed by atoms with Gasteiger partial charge in [-0.05, 0) is 18.2 Å². The van der Waals surface area contributed by atoms with E-state index in [0.717, 1.165) is 17.1 Å². The summed E-state index contributed by atoms with van der Waals surface area (Å²) in [5.74, 6) is -0.823. The third-order valence-corrected chi connectivity index (χ3v) is 4.23. The zero-order valence-corrected chi connectivity index (χ0v) is 14.8. The fourth-order valence-electron chi connectivity index (χ4n) is 2.16. The maximum Gasteiger partial charge on any atom is 0.417 e. The van der Waals surface area contributed by atoms with E-state index >= 15 is 0 Å². The molecule has 1 aromatic heterocycles. The van der Waals surface area contributed by atoms with Crippen molar-refractivity contribution in [3.63, 3.8) is 0 Å². The van der Waals surface area contributed by atoms with Gasteiger partial charge in [0.15, 0.2) is 0 Å². The number of benzene rings is 1. The summed E-state index contributed by atoms with van der Waals surface area (Å²) in [5, 5.41) is 2.87. The predicted octanol–water partition coefficient (Wildman–Crippen LogP) is 4.53. The summed E-state index contributed by atoms with van der Waals surface area (Å²) in [6.07, 6.45) is -3.23. The van der Waals surface area contributed by atoms with Gasteiger partial charge in [-0.25, -0.2) is 5.01 Å². The van der Waals surface area contributed by atoms with Crippen LogP contribution in [0.3, 0.4) is 0 Å². The summed E-state index contributed by atoms with van der Waals surface area (Å²) in [6, 6.07) is 6.09. The summed E-state index contributed by atoms with van der Waals surface area (Å²) >= 11 is 12.0. The lowest BCUT2D eigenvalue weighted by Crippen LogP contribution is -2.42. The Hall–Kier alpha value is -1.83. The number of hydrogen-bond acceptors (Lipinski definition) is 3. The van der Waals surface area contributed by atoms with E-state index in [1.165, 1.54) is 43.5 Å². The van der Waals surface area contributed by atoms with Gasteiger partial charge in [-0.2, -0.15) is 13.2 Å². The van der Waals surface area contributed by atoms with Crippen LogP contribution in [0.1, 0.15) is 21.6 Å². The van der Waals surface area contributed by atoms with Crippen molar-refractivity contribution < 1.29 is 18.0 Å². The molecule has 0 saturated heterocycles. The van der Waals surface area contributed by atoms with Gasteiger partial charge < -0.3 is 0 Å². The van der Waals surface area contributed by atoms with Crippen molar-refractivity contribution >= 4 is 29.1 Å². The molecule has 0 bridgehead atoms. The van der Waals surface area contributed by atoms with Crippen LogP contribution in [-0.4, -0.2) is 35.0 Å². The van der Waals surface area contributed by atoms with E-state index in [4.69, 9.17) is 23.2 Å². The van der Waals surface area contributed by atoms with E-state index < -0.39 is 23.2 Å². The second-order valence-corrected chi connectivity index (χ2v) is 6.09. The SMILES string of the molecule is CN(C)N(Cc1nccc(Cl)c1Cl)C(=O)c1ccccc1C(F)(F)F. The summed E-state index contributed by atoms with van der Waals surface area (Å²) in [4.78, 5) is 16.8. The van der Waals surface area contributed by atoms with Crippen molar-refractivity contribution in [1.29, 1.82) is 0 Å². The van der Waals surface area contributed by atoms with E-state index in [9.17, 15) is 18.0 Å². The number of nitrogens with zero attached hydrogens (tertiary/aromatic N) is 3. The van der Waals surface area contributed by atoms with Gasteiger partial charge in [-0.15, -0.1) is 0 Å². The average molecular weight is 392 g/mol. The maximum atomic E-state index is 13.2. The van der Waals surface area contributed by atoms with E-state index in [-0.39, 0.29) is 22.3 Å². The quantitative estimate of drug-likeness (QED) is 0.718. The molecule has 2 aromatic rings. The zero-order valence-electron chi connectivity index (χ0n) is 13.3. The molecule has 134 valence electrons. The first-order chi connectivity index (χ1) is 11.6. The van der Waals surface area contributed by atoms with Crippen molar-refractivity contribution in [2.24, 2.45) is 0 Å². The van der Waals surface area contributed by atoms with Crippen LogP contribution in [0.2, 0.25) is 10.0 Å². The van der Waals surface area contributed by atoms with E-state index in [1.54, 1.807) is 0 Å². The van der Waals surface area contributed by atoms with Gasteiger partial charge >= 0.3 is 6.18 Å². The fourth-order valence-corrected chi connectivity index (χ4v) is 2.50. The first-order valence-corrected chi connectivity index (χ1v) is 7.82. The number of hydrazine groups is 1. The summed E-state index contributed by atoms with van der Waals surface area (Å²) in [5.41, 5.74) is -1.18. The van der Waals surface area contributed by atoms with E-state index in [2.05, 4.69) is 4.98 Å². The minimum Gasteiger partial charge on any atom is -0.268 e. The number of hydrogen-bond donors (Lipinski definition) is 0. The van der Waals surface area contributed by atoms with Gasteiger partial charge in [0.05, 0.1) is 33.4 Å². The summed E-state index contributed by atoms with van der Waals surface area (Å²) in [6.45, 7) is -0.128. The van der Waals surface area contributed by atoms with Crippen LogP contribution in [0.15, 0.2) is 36.5 Å². The molecule has 1 aromatic carbocycles. The van der Waals surface area contributed by atoms with Crippen LogP contribution < -0.4 is 0 Å². The molecule has 0 spiro atoms. The number of rotatable bonds is 4. The highest BCUT2D eigenvalue weighted by Crippen LogP contribution is 2.33. The number of amides is 1. The lowest BCUT2D eigenvalue weighted by molar-refractivity contribution is -0.138. The molecule has 2 rings (SSSR count). The molecule has 0 fully saturated rings. The number of alkyl halides is 3. The van der Waals surface area contributed by atoms with E-state index in [1.807, 2.05) is 0 Å². The van der Waals surface area contributed by atoms with E-state index in [0.29, 0.717) is 0 Å². The van der Waals surface area contributed by atoms with Gasteiger partial charge in [0, 0.05) is 20.3 Å². The Balaban J connectivity index is 2.42. The smallest absolute Gasteiger partial charge is 0.268 e. The highest BCUT2D eigenvalue weighted by atomic mass is 35.5. The van der Waals surface area contributed by atoms with Gasteiger partial charge in [-0.1, -0.05) is 35.3 Å². The van der Waals surface area contributed by atoms with Gasteiger partial charge in [0.25, 0.3) is 5.91 Å². The molecule has 9 heteroatoms. The standard InChI is InChI=1S/C16H14Cl2F3N3O/c1-23(2)24(9-13-14(18)12(17)7-8-22-13)15(25)10-5-3-4-6-11(10)16(19,20)21/h3-8H,9H2,1-2H3. The second-order valence-electron chi connectivity index (χ2n) is 5.31. The number of aromatic nitrogens is 1. The molecule has 0 N–H and O–H groups in total. The Morgan fingerprint density at radius 1 is 1.16 bits per heavy atom. The van der Waals surface area contributed by atoms with Crippen LogP contribution in [0.25, 0.3) is 0 Å². The monoisotopic (exact) mass is 391 g/mol. The van der Waals surface area contributed by atoms with Gasteiger partial charge in [-0.3, -0.25) is 14.8 Å². The van der Waals surface area contributed by atoms with Crippen LogP contribution in [-0.2, 0) is 12.7 Å². The number of halogens is 5. The third-order valence-electron chi connectivity index (χ3n) is 3.39. The predicted molar refractivity (Wildman–Crippen MR) is 89.3 cm³/mol. The Morgan fingerprint density at radius 2 is 1.80 bits per heavy atom. The first kappa shape index (κ1) is 19.5. The topological polar surface area (TPSA) is 36.4 Å². The average Bonchev–Trinajstić information content (AvgIpc) is 2.54. The Kier molecular flexibility index (Phi) is 5.92. The molecule has 1 heterocycles. The molecule has 0 radical (unpaired) electrons. The lowest BCUT2D eigenvalue weighted by atomic mass is 10.1. The number of carbonyl (C=O) groups is 1. The van der Waals surface area contributed by atoms with Crippen LogP contribution in [0.4, 0.5) is 13.2 Å². The van der Waals surface area contributed by atoms with Crippen molar-refractivity contribution in [2.45, 2.75) is 12.7 Å². The highest BCUT2D eigenvalue weighted by molar-refractivity contribution is 6.42. The molecule has 0 aliphatic rings. The van der Waals surface area contributed by atoms with Crippen molar-refractivity contribution in [3.05, 3.63) is 63.4 Å². The minimum atomic E-state index is -4.64. The van der Waals surface area contributed by atoms with Crippen molar-refractivity contribution in [1.82, 2.24) is 15.0 Å². The van der Waals surface area contributed by atoms with Crippen LogP contribution in [0.5, 0.6) is 0 Å². The number of carbonyl (C=O) groups excluding carboxylic acids is 1. The van der Waals surface area contributed by atoms with Gasteiger partial charge in [0.1, 0.15) is 0 Å². The third kappa shape index (κ3) is 4.42. The fraction of sp³-hybridized carbons (Fsp3) is 0.250. The molecule has 0 saturated carbocycles. The highest BCUT2D eigenvalue weighted by Gasteiger charge is 2.36. The minimum absolute atomic E-state index is 0.128.